The molecule has 1 amide bonds. The van der Waals surface area contributed by atoms with Gasteiger partial charge in [0.1, 0.15) is 5.82 Å². The molecule has 19 heavy (non-hydrogen) atoms. The van der Waals surface area contributed by atoms with Crippen LogP contribution in [0.4, 0.5) is 4.39 Å². The Hall–Kier alpha value is -1.09. The Labute approximate surface area is 118 Å². The molecule has 0 aromatic heterocycles. The quantitative estimate of drug-likeness (QED) is 0.844. The van der Waals surface area contributed by atoms with E-state index in [0.717, 1.165) is 25.7 Å². The number of benzene rings is 1. The number of rotatable bonds is 4. The van der Waals surface area contributed by atoms with Crippen LogP contribution in [0.2, 0.25) is 0 Å². The van der Waals surface area contributed by atoms with Gasteiger partial charge in [-0.3, -0.25) is 4.79 Å². The third-order valence-corrected chi connectivity index (χ3v) is 4.11. The second-order valence-corrected chi connectivity index (χ2v) is 5.81. The highest BCUT2D eigenvalue weighted by Gasteiger charge is 2.19. The fourth-order valence-electron chi connectivity index (χ4n) is 2.46. The van der Waals surface area contributed by atoms with E-state index in [2.05, 4.69) is 5.32 Å². The number of amides is 1. The van der Waals surface area contributed by atoms with Gasteiger partial charge in [-0.05, 0) is 43.2 Å². The summed E-state index contributed by atoms with van der Waals surface area (Å²) < 4.78 is 13.4. The van der Waals surface area contributed by atoms with E-state index in [0.29, 0.717) is 23.4 Å². The van der Waals surface area contributed by atoms with Crippen LogP contribution in [0.25, 0.3) is 0 Å². The molecule has 1 aliphatic carbocycles. The van der Waals surface area contributed by atoms with Gasteiger partial charge in [-0.25, -0.2) is 4.39 Å². The van der Waals surface area contributed by atoms with Crippen molar-refractivity contribution in [3.63, 3.8) is 0 Å². The zero-order valence-electron chi connectivity index (χ0n) is 10.9. The molecule has 0 heterocycles. The lowest BCUT2D eigenvalue weighted by Crippen LogP contribution is -2.32. The molecule has 1 aromatic rings. The third kappa shape index (κ3) is 4.50. The predicted octanol–water partition coefficient (Wildman–Crippen LogP) is 3.28. The highest BCUT2D eigenvalue weighted by molar-refractivity contribution is 6.20. The normalized spacial score (nSPS) is 23.1. The Morgan fingerprint density at radius 2 is 1.95 bits per heavy atom. The van der Waals surface area contributed by atoms with Crippen LogP contribution in [0.15, 0.2) is 24.3 Å². The Kier molecular flexibility index (Phi) is 5.20. The molecular weight excluding hydrogens is 265 g/mol. The maximum Gasteiger partial charge on any atom is 0.224 e. The van der Waals surface area contributed by atoms with Crippen LogP contribution < -0.4 is 5.32 Å². The molecule has 0 bridgehead atoms. The molecule has 104 valence electrons. The first kappa shape index (κ1) is 14.3. The molecule has 0 spiro atoms. The van der Waals surface area contributed by atoms with Gasteiger partial charge in [-0.1, -0.05) is 18.2 Å². The fourth-order valence-corrected chi connectivity index (χ4v) is 2.71. The summed E-state index contributed by atoms with van der Waals surface area (Å²) in [5.74, 6) is 0.0814. The van der Waals surface area contributed by atoms with Crippen LogP contribution >= 0.6 is 11.6 Å². The number of halogens is 2. The summed E-state index contributed by atoms with van der Waals surface area (Å²) in [7, 11) is 0. The summed E-state index contributed by atoms with van der Waals surface area (Å²) in [6.45, 7) is 0.677. The maximum absolute atomic E-state index is 13.4. The number of hydrogen-bond donors (Lipinski definition) is 1. The van der Waals surface area contributed by atoms with E-state index in [4.69, 9.17) is 11.6 Å². The standard InChI is InChI=1S/C15H19ClFNO/c16-13-7-5-11(6-8-13)10-18-15(19)9-12-3-1-2-4-14(12)17/h1-4,11,13H,5-10H2,(H,18,19). The lowest BCUT2D eigenvalue weighted by Gasteiger charge is -2.25. The molecule has 1 fully saturated rings. The average molecular weight is 284 g/mol. The summed E-state index contributed by atoms with van der Waals surface area (Å²) in [6.07, 6.45) is 4.28. The summed E-state index contributed by atoms with van der Waals surface area (Å²) in [6, 6.07) is 6.40. The van der Waals surface area contributed by atoms with E-state index < -0.39 is 0 Å². The van der Waals surface area contributed by atoms with Crippen molar-refractivity contribution in [2.75, 3.05) is 6.54 Å². The molecule has 0 atom stereocenters. The van der Waals surface area contributed by atoms with Crippen LogP contribution in [-0.4, -0.2) is 17.8 Å². The van der Waals surface area contributed by atoms with Crippen LogP contribution in [0.5, 0.6) is 0 Å². The Bertz CT molecular complexity index is 430. The molecule has 0 radical (unpaired) electrons. The molecular formula is C15H19ClFNO. The molecule has 1 N–H and O–H groups in total. The zero-order chi connectivity index (χ0) is 13.7. The zero-order valence-corrected chi connectivity index (χ0v) is 11.6. The van der Waals surface area contributed by atoms with E-state index in [1.807, 2.05) is 0 Å². The molecule has 1 saturated carbocycles. The van der Waals surface area contributed by atoms with Crippen molar-refractivity contribution in [3.05, 3.63) is 35.6 Å². The van der Waals surface area contributed by atoms with Gasteiger partial charge < -0.3 is 5.32 Å². The molecule has 1 aliphatic rings. The molecule has 2 nitrogen and oxygen atoms in total. The summed E-state index contributed by atoms with van der Waals surface area (Å²) >= 11 is 6.04. The molecule has 1 aromatic carbocycles. The van der Waals surface area contributed by atoms with Gasteiger partial charge in [0.05, 0.1) is 6.42 Å². The van der Waals surface area contributed by atoms with E-state index in [1.165, 1.54) is 6.07 Å². The summed E-state index contributed by atoms with van der Waals surface area (Å²) in [4.78, 5) is 11.8. The first-order valence-corrected chi connectivity index (χ1v) is 7.23. The van der Waals surface area contributed by atoms with Gasteiger partial charge in [0.2, 0.25) is 5.91 Å². The minimum Gasteiger partial charge on any atom is -0.356 e. The minimum absolute atomic E-state index is 0.109. The van der Waals surface area contributed by atoms with Crippen LogP contribution in [0, 0.1) is 11.7 Å². The van der Waals surface area contributed by atoms with Gasteiger partial charge >= 0.3 is 0 Å². The lowest BCUT2D eigenvalue weighted by molar-refractivity contribution is -0.120. The smallest absolute Gasteiger partial charge is 0.224 e. The van der Waals surface area contributed by atoms with Gasteiger partial charge in [-0.15, -0.1) is 11.6 Å². The highest BCUT2D eigenvalue weighted by atomic mass is 35.5. The predicted molar refractivity (Wildman–Crippen MR) is 74.7 cm³/mol. The topological polar surface area (TPSA) is 29.1 Å². The van der Waals surface area contributed by atoms with Gasteiger partial charge in [-0.2, -0.15) is 0 Å². The van der Waals surface area contributed by atoms with Gasteiger partial charge in [0.25, 0.3) is 0 Å². The highest BCUT2D eigenvalue weighted by Crippen LogP contribution is 2.26. The molecule has 4 heteroatoms. The number of nitrogens with one attached hydrogen (secondary N) is 1. The Morgan fingerprint density at radius 1 is 1.26 bits per heavy atom. The van der Waals surface area contributed by atoms with Gasteiger partial charge in [0.15, 0.2) is 0 Å². The molecule has 0 saturated heterocycles. The van der Waals surface area contributed by atoms with Crippen molar-refractivity contribution < 1.29 is 9.18 Å². The number of alkyl halides is 1. The van der Waals surface area contributed by atoms with Crippen molar-refractivity contribution in [2.24, 2.45) is 5.92 Å². The van der Waals surface area contributed by atoms with E-state index in [-0.39, 0.29) is 18.1 Å². The lowest BCUT2D eigenvalue weighted by atomic mass is 9.89. The molecule has 0 unspecified atom stereocenters. The van der Waals surface area contributed by atoms with Crippen molar-refractivity contribution >= 4 is 17.5 Å². The minimum atomic E-state index is -0.319. The average Bonchev–Trinajstić information content (AvgIpc) is 2.41. The number of hydrogen-bond acceptors (Lipinski definition) is 1. The second kappa shape index (κ2) is 6.90. The first-order valence-electron chi connectivity index (χ1n) is 6.79. The molecule has 0 aliphatic heterocycles. The van der Waals surface area contributed by atoms with Crippen molar-refractivity contribution in [1.29, 1.82) is 0 Å². The maximum atomic E-state index is 13.4. The molecule has 2 rings (SSSR count). The summed E-state index contributed by atoms with van der Waals surface area (Å²) in [5.41, 5.74) is 0.449. The van der Waals surface area contributed by atoms with Crippen LogP contribution in [0.1, 0.15) is 31.2 Å². The van der Waals surface area contributed by atoms with Crippen molar-refractivity contribution in [3.8, 4) is 0 Å². The number of carbonyl (C=O) groups excluding carboxylic acids is 1. The fraction of sp³-hybridized carbons (Fsp3) is 0.533. The Morgan fingerprint density at radius 3 is 2.63 bits per heavy atom. The largest absolute Gasteiger partial charge is 0.356 e. The van der Waals surface area contributed by atoms with Crippen LogP contribution in [-0.2, 0) is 11.2 Å². The monoisotopic (exact) mass is 283 g/mol. The second-order valence-electron chi connectivity index (χ2n) is 5.19. The SMILES string of the molecule is O=C(Cc1ccccc1F)NCC1CCC(Cl)CC1. The van der Waals surface area contributed by atoms with Crippen molar-refractivity contribution in [1.82, 2.24) is 5.32 Å². The first-order chi connectivity index (χ1) is 9.15. The number of carbonyl (C=O) groups is 1. The third-order valence-electron chi connectivity index (χ3n) is 3.67. The van der Waals surface area contributed by atoms with E-state index in [9.17, 15) is 9.18 Å². The van der Waals surface area contributed by atoms with Crippen molar-refractivity contribution in [2.45, 2.75) is 37.5 Å². The van der Waals surface area contributed by atoms with E-state index in [1.54, 1.807) is 18.2 Å². The van der Waals surface area contributed by atoms with Gasteiger partial charge in [0, 0.05) is 11.9 Å². The van der Waals surface area contributed by atoms with Crippen LogP contribution in [0.3, 0.4) is 0 Å². The van der Waals surface area contributed by atoms with E-state index >= 15 is 0 Å². The summed E-state index contributed by atoms with van der Waals surface area (Å²) in [5, 5.41) is 3.19. The Balaban J connectivity index is 1.74.